The molecule has 0 radical (unpaired) electrons. The molecule has 35 heavy (non-hydrogen) atoms. The second kappa shape index (κ2) is 9.99. The number of nitrogens with one attached hydrogen (secondary N) is 1. The van der Waals surface area contributed by atoms with Crippen LogP contribution < -0.4 is 14.2 Å². The Hall–Kier alpha value is -4.16. The maximum Gasteiger partial charge on any atom is 0.346 e. The van der Waals surface area contributed by atoms with Crippen molar-refractivity contribution in [3.05, 3.63) is 93.4 Å². The van der Waals surface area contributed by atoms with Crippen LogP contribution in [0.2, 0.25) is 0 Å². The van der Waals surface area contributed by atoms with Gasteiger partial charge in [0.05, 0.1) is 22.6 Å². The normalized spacial score (nSPS) is 15.7. The number of hydrogen-bond acceptors (Lipinski definition) is 9. The van der Waals surface area contributed by atoms with Gasteiger partial charge in [0.25, 0.3) is 11.6 Å². The standard InChI is InChI=1S/C23H17N3O7S2/c1-32-19-13-15(14-20-22(27)25-23(34-20)24-16-7-3-2-4-8-16)11-12-18(19)33-35(30,31)21-10-6-5-9-17(21)26(28)29/h2-14H,1H3,(H,24,25,27)/b20-14+. The van der Waals surface area contributed by atoms with Gasteiger partial charge in [-0.1, -0.05) is 36.4 Å². The van der Waals surface area contributed by atoms with Crippen LogP contribution in [0, 0.1) is 10.1 Å². The van der Waals surface area contributed by atoms with Gasteiger partial charge in [-0.15, -0.1) is 0 Å². The maximum atomic E-state index is 12.7. The van der Waals surface area contributed by atoms with E-state index in [0.29, 0.717) is 21.3 Å². The van der Waals surface area contributed by atoms with E-state index >= 15 is 0 Å². The summed E-state index contributed by atoms with van der Waals surface area (Å²) < 4.78 is 35.9. The van der Waals surface area contributed by atoms with E-state index in [-0.39, 0.29) is 17.4 Å². The zero-order valence-corrected chi connectivity index (χ0v) is 19.7. The molecule has 1 aliphatic rings. The van der Waals surface area contributed by atoms with Crippen LogP contribution in [0.3, 0.4) is 0 Å². The molecule has 0 aromatic heterocycles. The van der Waals surface area contributed by atoms with Crippen LogP contribution >= 0.6 is 11.8 Å². The number of benzene rings is 3. The van der Waals surface area contributed by atoms with Gasteiger partial charge in [0.2, 0.25) is 0 Å². The quantitative estimate of drug-likeness (QED) is 0.215. The van der Waals surface area contributed by atoms with E-state index in [9.17, 15) is 23.3 Å². The summed E-state index contributed by atoms with van der Waals surface area (Å²) in [6.45, 7) is 0. The van der Waals surface area contributed by atoms with Crippen molar-refractivity contribution in [2.75, 3.05) is 7.11 Å². The van der Waals surface area contributed by atoms with E-state index in [1.165, 1.54) is 37.4 Å². The Morgan fingerprint density at radius 2 is 1.74 bits per heavy atom. The predicted molar refractivity (Wildman–Crippen MR) is 131 cm³/mol. The number of nitro benzene ring substituents is 1. The van der Waals surface area contributed by atoms with Crippen LogP contribution in [0.1, 0.15) is 5.56 Å². The number of ether oxygens (including phenoxy) is 1. The average molecular weight is 512 g/mol. The average Bonchev–Trinajstić information content (AvgIpc) is 3.18. The van der Waals surface area contributed by atoms with Gasteiger partial charge in [0, 0.05) is 6.07 Å². The number of amidine groups is 1. The van der Waals surface area contributed by atoms with Crippen LogP contribution in [0.5, 0.6) is 11.5 Å². The van der Waals surface area contributed by atoms with E-state index in [1.54, 1.807) is 6.08 Å². The van der Waals surface area contributed by atoms with Crippen molar-refractivity contribution in [1.29, 1.82) is 0 Å². The van der Waals surface area contributed by atoms with E-state index in [1.807, 2.05) is 30.3 Å². The van der Waals surface area contributed by atoms with Gasteiger partial charge < -0.3 is 14.2 Å². The number of methoxy groups -OCH3 is 1. The third-order valence-electron chi connectivity index (χ3n) is 4.65. The predicted octanol–water partition coefficient (Wildman–Crippen LogP) is 4.26. The van der Waals surface area contributed by atoms with E-state index < -0.39 is 25.6 Å². The van der Waals surface area contributed by atoms with Crippen molar-refractivity contribution in [3.8, 4) is 11.5 Å². The molecule has 1 heterocycles. The van der Waals surface area contributed by atoms with Crippen LogP contribution in [-0.2, 0) is 14.9 Å². The molecule has 1 fully saturated rings. The Bertz CT molecular complexity index is 1470. The van der Waals surface area contributed by atoms with Gasteiger partial charge in [-0.05, 0) is 53.7 Å². The molecule has 10 nitrogen and oxygen atoms in total. The minimum atomic E-state index is -4.52. The van der Waals surface area contributed by atoms with Crippen LogP contribution in [0.25, 0.3) is 6.08 Å². The molecule has 0 bridgehead atoms. The number of nitro groups is 1. The fourth-order valence-electron chi connectivity index (χ4n) is 3.08. The summed E-state index contributed by atoms with van der Waals surface area (Å²) >= 11 is 1.16. The summed E-state index contributed by atoms with van der Waals surface area (Å²) in [7, 11) is -3.21. The lowest BCUT2D eigenvalue weighted by Gasteiger charge is -2.11. The fraction of sp³-hybridized carbons (Fsp3) is 0.0435. The number of hydrogen-bond donors (Lipinski definition) is 1. The number of para-hydroxylation sites is 2. The number of carbonyl (C=O) groups excluding carboxylic acids is 1. The third-order valence-corrected chi connectivity index (χ3v) is 6.85. The Morgan fingerprint density at radius 1 is 1.03 bits per heavy atom. The number of rotatable bonds is 7. The molecule has 3 aromatic carbocycles. The first kappa shape index (κ1) is 24.0. The maximum absolute atomic E-state index is 12.7. The summed E-state index contributed by atoms with van der Waals surface area (Å²) in [5.41, 5.74) is 0.626. The number of amides is 1. The summed E-state index contributed by atoms with van der Waals surface area (Å²) in [4.78, 5) is 27.0. The van der Waals surface area contributed by atoms with Crippen molar-refractivity contribution in [3.63, 3.8) is 0 Å². The molecule has 178 valence electrons. The smallest absolute Gasteiger partial charge is 0.346 e. The molecule has 1 aliphatic heterocycles. The first-order valence-electron chi connectivity index (χ1n) is 9.97. The lowest BCUT2D eigenvalue weighted by molar-refractivity contribution is -0.387. The third kappa shape index (κ3) is 5.50. The zero-order chi connectivity index (χ0) is 25.0. The second-order valence-corrected chi connectivity index (χ2v) is 9.54. The van der Waals surface area contributed by atoms with Gasteiger partial charge in [0.1, 0.15) is 0 Å². The van der Waals surface area contributed by atoms with Crippen molar-refractivity contribution >= 4 is 50.4 Å². The Kier molecular flexibility index (Phi) is 6.85. The molecule has 0 saturated carbocycles. The zero-order valence-electron chi connectivity index (χ0n) is 18.1. The number of carbonyl (C=O) groups is 1. The highest BCUT2D eigenvalue weighted by Gasteiger charge is 2.28. The van der Waals surface area contributed by atoms with Gasteiger partial charge in [0.15, 0.2) is 21.6 Å². The number of aliphatic imine (C=N–C) groups is 1. The molecule has 4 rings (SSSR count). The van der Waals surface area contributed by atoms with Gasteiger partial charge in [-0.3, -0.25) is 14.9 Å². The Balaban J connectivity index is 1.59. The summed E-state index contributed by atoms with van der Waals surface area (Å²) in [5.74, 6) is -0.436. The first-order valence-corrected chi connectivity index (χ1v) is 12.2. The van der Waals surface area contributed by atoms with Crippen LogP contribution in [0.15, 0.2) is 87.6 Å². The highest BCUT2D eigenvalue weighted by atomic mass is 32.2. The van der Waals surface area contributed by atoms with Crippen molar-refractivity contribution < 1.29 is 27.1 Å². The SMILES string of the molecule is COc1cc(/C=C2/SC(=Nc3ccccc3)NC2=O)ccc1OS(=O)(=O)c1ccccc1[N+](=O)[O-]. The molecule has 0 aliphatic carbocycles. The lowest BCUT2D eigenvalue weighted by atomic mass is 10.2. The molecular weight excluding hydrogens is 494 g/mol. The van der Waals surface area contributed by atoms with E-state index in [2.05, 4.69) is 10.3 Å². The number of nitrogens with zero attached hydrogens (tertiary/aromatic N) is 2. The molecule has 3 aromatic rings. The number of thioether (sulfide) groups is 1. The molecular formula is C23H17N3O7S2. The molecule has 12 heteroatoms. The topological polar surface area (TPSA) is 137 Å². The van der Waals surface area contributed by atoms with Crippen LogP contribution in [0.4, 0.5) is 11.4 Å². The van der Waals surface area contributed by atoms with Crippen LogP contribution in [-0.4, -0.2) is 31.5 Å². The summed E-state index contributed by atoms with van der Waals surface area (Å²) in [6.07, 6.45) is 1.59. The minimum absolute atomic E-state index is 0.0584. The van der Waals surface area contributed by atoms with Crippen molar-refractivity contribution in [2.45, 2.75) is 4.90 Å². The molecule has 0 unspecified atom stereocenters. The second-order valence-electron chi connectivity index (χ2n) is 6.99. The molecule has 0 spiro atoms. The minimum Gasteiger partial charge on any atom is -0.493 e. The van der Waals surface area contributed by atoms with Crippen molar-refractivity contribution in [1.82, 2.24) is 5.32 Å². The largest absolute Gasteiger partial charge is 0.493 e. The van der Waals surface area contributed by atoms with Gasteiger partial charge in [-0.25, -0.2) is 4.99 Å². The van der Waals surface area contributed by atoms with Gasteiger partial charge >= 0.3 is 10.1 Å². The summed E-state index contributed by atoms with van der Waals surface area (Å²) in [5, 5.41) is 14.3. The Labute approximate surface area is 204 Å². The lowest BCUT2D eigenvalue weighted by Crippen LogP contribution is -2.19. The van der Waals surface area contributed by atoms with E-state index in [4.69, 9.17) is 8.92 Å². The van der Waals surface area contributed by atoms with E-state index in [0.717, 1.165) is 23.9 Å². The van der Waals surface area contributed by atoms with Crippen molar-refractivity contribution in [2.24, 2.45) is 4.99 Å². The molecule has 0 atom stereocenters. The first-order chi connectivity index (χ1) is 16.8. The van der Waals surface area contributed by atoms with Gasteiger partial charge in [-0.2, -0.15) is 8.42 Å². The Morgan fingerprint density at radius 3 is 2.46 bits per heavy atom. The monoisotopic (exact) mass is 511 g/mol. The highest BCUT2D eigenvalue weighted by Crippen LogP contribution is 2.35. The summed E-state index contributed by atoms with van der Waals surface area (Å²) in [6, 6.07) is 18.4. The molecule has 1 N–H and O–H groups in total. The molecule has 1 amide bonds. The molecule has 1 saturated heterocycles. The fourth-order valence-corrected chi connectivity index (χ4v) is 5.03. The highest BCUT2D eigenvalue weighted by molar-refractivity contribution is 8.18.